The molecule has 0 bridgehead atoms. The number of hydrogen-bond acceptors (Lipinski definition) is 3. The van der Waals surface area contributed by atoms with Crippen LogP contribution in [-0.2, 0) is 9.53 Å². The fourth-order valence-electron chi connectivity index (χ4n) is 1.25. The molecule has 0 aromatic heterocycles. The van der Waals surface area contributed by atoms with Crippen LogP contribution in [0.15, 0.2) is 23.7 Å². The summed E-state index contributed by atoms with van der Waals surface area (Å²) in [6.07, 6.45) is 3.25. The predicted octanol–water partition coefficient (Wildman–Crippen LogP) is 1.96. The molecule has 1 rings (SSSR count). The summed E-state index contributed by atoms with van der Waals surface area (Å²) >= 11 is 0. The molecule has 3 nitrogen and oxygen atoms in total. The van der Waals surface area contributed by atoms with Crippen molar-refractivity contribution in [1.82, 2.24) is 0 Å². The number of aliphatic hydroxyl groups is 1. The number of aliphatic hydroxyl groups excluding tert-OH is 1. The third-order valence-electron chi connectivity index (χ3n) is 1.77. The first-order valence-corrected chi connectivity index (χ1v) is 4.28. The maximum Gasteiger partial charge on any atom is 0.261 e. The van der Waals surface area contributed by atoms with E-state index in [0.717, 1.165) is 0 Å². The van der Waals surface area contributed by atoms with Gasteiger partial charge in [-0.05, 0) is 19.1 Å². The SMILES string of the molecule is CCOC1=CC(C)(C)C=C(O)C1=O. The molecule has 0 atom stereocenters. The topological polar surface area (TPSA) is 46.5 Å². The fraction of sp³-hybridized carbons (Fsp3) is 0.500. The second-order valence-electron chi connectivity index (χ2n) is 3.62. The Kier molecular flexibility index (Phi) is 2.45. The minimum absolute atomic E-state index is 0.226. The van der Waals surface area contributed by atoms with Crippen LogP contribution in [0, 0.1) is 5.41 Å². The normalized spacial score (nSPS) is 20.7. The zero-order valence-electron chi connectivity index (χ0n) is 8.13. The zero-order valence-corrected chi connectivity index (χ0v) is 8.13. The van der Waals surface area contributed by atoms with Crippen molar-refractivity contribution < 1.29 is 14.6 Å². The number of carbonyl (C=O) groups excluding carboxylic acids is 1. The summed E-state index contributed by atoms with van der Waals surface area (Å²) < 4.78 is 5.11. The first kappa shape index (κ1) is 9.84. The molecule has 13 heavy (non-hydrogen) atoms. The Morgan fingerprint density at radius 1 is 1.46 bits per heavy atom. The van der Waals surface area contributed by atoms with E-state index in [1.165, 1.54) is 6.08 Å². The Hall–Kier alpha value is -1.25. The van der Waals surface area contributed by atoms with Crippen molar-refractivity contribution in [2.24, 2.45) is 5.41 Å². The summed E-state index contributed by atoms with van der Waals surface area (Å²) in [5, 5.41) is 9.30. The molecule has 0 saturated heterocycles. The van der Waals surface area contributed by atoms with Gasteiger partial charge in [0.25, 0.3) is 5.78 Å². The third kappa shape index (κ3) is 2.11. The number of rotatable bonds is 2. The molecule has 0 radical (unpaired) electrons. The Labute approximate surface area is 77.7 Å². The van der Waals surface area contributed by atoms with Gasteiger partial charge < -0.3 is 9.84 Å². The molecule has 0 aliphatic heterocycles. The van der Waals surface area contributed by atoms with Gasteiger partial charge in [-0.1, -0.05) is 13.8 Å². The quantitative estimate of drug-likeness (QED) is 0.710. The summed E-state index contributed by atoms with van der Waals surface area (Å²) in [5.74, 6) is -0.412. The van der Waals surface area contributed by atoms with E-state index in [4.69, 9.17) is 4.74 Å². The highest BCUT2D eigenvalue weighted by atomic mass is 16.5. The zero-order chi connectivity index (χ0) is 10.1. The van der Waals surface area contributed by atoms with Crippen molar-refractivity contribution in [3.05, 3.63) is 23.7 Å². The van der Waals surface area contributed by atoms with Crippen molar-refractivity contribution in [1.29, 1.82) is 0 Å². The van der Waals surface area contributed by atoms with Crippen molar-refractivity contribution in [3.8, 4) is 0 Å². The molecule has 3 heteroatoms. The lowest BCUT2D eigenvalue weighted by molar-refractivity contribution is -0.118. The van der Waals surface area contributed by atoms with Crippen LogP contribution in [0.5, 0.6) is 0 Å². The van der Waals surface area contributed by atoms with Crippen molar-refractivity contribution in [2.45, 2.75) is 20.8 Å². The van der Waals surface area contributed by atoms with Crippen molar-refractivity contribution in [2.75, 3.05) is 6.61 Å². The van der Waals surface area contributed by atoms with E-state index in [1.54, 1.807) is 13.0 Å². The monoisotopic (exact) mass is 182 g/mol. The van der Waals surface area contributed by atoms with Crippen LogP contribution in [-0.4, -0.2) is 17.5 Å². The number of Topliss-reactive ketones (excluding diaryl/α,β-unsaturated/α-hetero) is 1. The van der Waals surface area contributed by atoms with Gasteiger partial charge in [0.2, 0.25) is 0 Å². The lowest BCUT2D eigenvalue weighted by Crippen LogP contribution is -2.20. The van der Waals surface area contributed by atoms with Crippen LogP contribution >= 0.6 is 0 Å². The summed E-state index contributed by atoms with van der Waals surface area (Å²) in [7, 11) is 0. The van der Waals surface area contributed by atoms with Gasteiger partial charge in [-0.25, -0.2) is 0 Å². The second-order valence-corrected chi connectivity index (χ2v) is 3.62. The molecule has 0 amide bonds. The molecule has 72 valence electrons. The van der Waals surface area contributed by atoms with Crippen LogP contribution in [0.3, 0.4) is 0 Å². The molecule has 0 heterocycles. The van der Waals surface area contributed by atoms with Gasteiger partial charge >= 0.3 is 0 Å². The minimum Gasteiger partial charge on any atom is -0.504 e. The van der Waals surface area contributed by atoms with Gasteiger partial charge in [0.1, 0.15) is 0 Å². The molecular weight excluding hydrogens is 168 g/mol. The van der Waals surface area contributed by atoms with Crippen LogP contribution in [0.1, 0.15) is 20.8 Å². The third-order valence-corrected chi connectivity index (χ3v) is 1.77. The largest absolute Gasteiger partial charge is 0.504 e. The Bertz CT molecular complexity index is 285. The standard InChI is InChI=1S/C10H14O3/c1-4-13-8-6-10(2,3)5-7(11)9(8)12/h5-6,11H,4H2,1-3H3. The van der Waals surface area contributed by atoms with Crippen LogP contribution in [0.2, 0.25) is 0 Å². The lowest BCUT2D eigenvalue weighted by atomic mass is 9.87. The van der Waals surface area contributed by atoms with Gasteiger partial charge in [0.05, 0.1) is 6.61 Å². The van der Waals surface area contributed by atoms with E-state index in [9.17, 15) is 9.90 Å². The van der Waals surface area contributed by atoms with Gasteiger partial charge in [-0.15, -0.1) is 0 Å². The van der Waals surface area contributed by atoms with E-state index in [2.05, 4.69) is 0 Å². The number of allylic oxidation sites excluding steroid dienone is 2. The molecule has 1 aliphatic carbocycles. The number of ketones is 1. The van der Waals surface area contributed by atoms with Gasteiger partial charge in [-0.3, -0.25) is 4.79 Å². The number of ether oxygens (including phenoxy) is 1. The van der Waals surface area contributed by atoms with Crippen LogP contribution in [0.4, 0.5) is 0 Å². The molecular formula is C10H14O3. The average molecular weight is 182 g/mol. The molecule has 0 spiro atoms. The first-order chi connectivity index (χ1) is 5.96. The van der Waals surface area contributed by atoms with E-state index in [0.29, 0.717) is 6.61 Å². The van der Waals surface area contributed by atoms with E-state index in [-0.39, 0.29) is 16.9 Å². The summed E-state index contributed by atoms with van der Waals surface area (Å²) in [6, 6.07) is 0. The van der Waals surface area contributed by atoms with E-state index < -0.39 is 5.78 Å². The van der Waals surface area contributed by atoms with Crippen molar-refractivity contribution >= 4 is 5.78 Å². The molecule has 0 saturated carbocycles. The maximum absolute atomic E-state index is 11.3. The predicted molar refractivity (Wildman–Crippen MR) is 49.2 cm³/mol. The highest BCUT2D eigenvalue weighted by Gasteiger charge is 2.27. The van der Waals surface area contributed by atoms with Gasteiger partial charge in [0, 0.05) is 5.41 Å². The highest BCUT2D eigenvalue weighted by Crippen LogP contribution is 2.28. The minimum atomic E-state index is -0.429. The highest BCUT2D eigenvalue weighted by molar-refractivity contribution is 6.06. The Balaban J connectivity index is 2.96. The van der Waals surface area contributed by atoms with Crippen LogP contribution in [0.25, 0.3) is 0 Å². The summed E-state index contributed by atoms with van der Waals surface area (Å²) in [4.78, 5) is 11.3. The molecule has 1 aliphatic rings. The van der Waals surface area contributed by atoms with Crippen LogP contribution < -0.4 is 0 Å². The van der Waals surface area contributed by atoms with Crippen molar-refractivity contribution in [3.63, 3.8) is 0 Å². The second kappa shape index (κ2) is 3.24. The molecule has 0 fully saturated rings. The number of hydrogen-bond donors (Lipinski definition) is 1. The van der Waals surface area contributed by atoms with Gasteiger partial charge in [-0.2, -0.15) is 0 Å². The average Bonchev–Trinajstić information content (AvgIpc) is 1.99. The van der Waals surface area contributed by atoms with Gasteiger partial charge in [0.15, 0.2) is 11.5 Å². The molecule has 0 unspecified atom stereocenters. The van der Waals surface area contributed by atoms with E-state index in [1.807, 2.05) is 13.8 Å². The Morgan fingerprint density at radius 2 is 2.08 bits per heavy atom. The smallest absolute Gasteiger partial charge is 0.261 e. The fourth-order valence-corrected chi connectivity index (χ4v) is 1.25. The summed E-state index contributed by atoms with van der Waals surface area (Å²) in [6.45, 7) is 6.03. The molecule has 0 aromatic carbocycles. The lowest BCUT2D eigenvalue weighted by Gasteiger charge is -2.22. The first-order valence-electron chi connectivity index (χ1n) is 4.28. The maximum atomic E-state index is 11.3. The Morgan fingerprint density at radius 3 is 2.62 bits per heavy atom. The summed E-state index contributed by atoms with van der Waals surface area (Å²) in [5.41, 5.74) is -0.317. The number of carbonyl (C=O) groups is 1. The molecule has 0 aromatic rings. The van der Waals surface area contributed by atoms with E-state index >= 15 is 0 Å². The molecule has 1 N–H and O–H groups in total.